The molecule has 0 amide bonds. The zero-order chi connectivity index (χ0) is 11.4. The molecule has 0 aromatic carbocycles. The summed E-state index contributed by atoms with van der Waals surface area (Å²) >= 11 is 3.72. The fourth-order valence-corrected chi connectivity index (χ4v) is 2.03. The topological polar surface area (TPSA) is 17.8 Å². The van der Waals surface area contributed by atoms with Crippen molar-refractivity contribution in [2.45, 2.75) is 44.9 Å². The van der Waals surface area contributed by atoms with E-state index in [0.717, 1.165) is 18.0 Å². The lowest BCUT2D eigenvalue weighted by Gasteiger charge is -2.12. The summed E-state index contributed by atoms with van der Waals surface area (Å²) in [6.07, 6.45) is 3.60. The van der Waals surface area contributed by atoms with Gasteiger partial charge >= 0.3 is 0 Å². The van der Waals surface area contributed by atoms with Crippen LogP contribution in [0.1, 0.15) is 38.1 Å². The van der Waals surface area contributed by atoms with Gasteiger partial charge in [-0.15, -0.1) is 0 Å². The molecule has 0 fully saturated rings. The minimum Gasteiger partial charge on any atom is -0.272 e. The van der Waals surface area contributed by atoms with Crippen LogP contribution < -0.4 is 0 Å². The zero-order valence-electron chi connectivity index (χ0n) is 10.1. The lowest BCUT2D eigenvalue weighted by Crippen LogP contribution is -2.08. The van der Waals surface area contributed by atoms with Gasteiger partial charge in [-0.25, -0.2) is 0 Å². The predicted octanol–water partition coefficient (Wildman–Crippen LogP) is 3.47. The number of alkyl halides is 1. The van der Waals surface area contributed by atoms with E-state index in [9.17, 15) is 0 Å². The van der Waals surface area contributed by atoms with E-state index in [1.165, 1.54) is 18.5 Å². The highest BCUT2D eigenvalue weighted by atomic mass is 79.9. The highest BCUT2D eigenvalue weighted by molar-refractivity contribution is 9.09. The van der Waals surface area contributed by atoms with E-state index in [2.05, 4.69) is 40.9 Å². The van der Waals surface area contributed by atoms with E-state index < -0.39 is 0 Å². The van der Waals surface area contributed by atoms with Gasteiger partial charge in [0.1, 0.15) is 0 Å². The van der Waals surface area contributed by atoms with Crippen LogP contribution in [-0.2, 0) is 13.5 Å². The van der Waals surface area contributed by atoms with Crippen molar-refractivity contribution in [1.82, 2.24) is 9.78 Å². The fraction of sp³-hybridized carbons (Fsp3) is 0.750. The fourth-order valence-electron chi connectivity index (χ4n) is 1.71. The van der Waals surface area contributed by atoms with Gasteiger partial charge in [-0.3, -0.25) is 4.68 Å². The monoisotopic (exact) mass is 272 g/mol. The lowest BCUT2D eigenvalue weighted by atomic mass is 10.0. The predicted molar refractivity (Wildman–Crippen MR) is 68.4 cm³/mol. The van der Waals surface area contributed by atoms with E-state index in [-0.39, 0.29) is 0 Å². The first-order valence-electron chi connectivity index (χ1n) is 5.64. The first-order valence-corrected chi connectivity index (χ1v) is 6.56. The summed E-state index contributed by atoms with van der Waals surface area (Å²) < 4.78 is 1.99. The van der Waals surface area contributed by atoms with E-state index in [1.807, 2.05) is 18.7 Å². The molecule has 0 N–H and O–H groups in total. The number of hydrogen-bond donors (Lipinski definition) is 0. The molecule has 0 saturated heterocycles. The minimum absolute atomic E-state index is 0.645. The van der Waals surface area contributed by atoms with Gasteiger partial charge in [0, 0.05) is 17.6 Å². The molecule has 1 heterocycles. The van der Waals surface area contributed by atoms with Gasteiger partial charge in [0.15, 0.2) is 0 Å². The molecule has 0 aliphatic heterocycles. The van der Waals surface area contributed by atoms with Crippen LogP contribution >= 0.6 is 15.9 Å². The maximum atomic E-state index is 4.35. The Morgan fingerprint density at radius 1 is 1.47 bits per heavy atom. The molecule has 1 atom stereocenters. The quantitative estimate of drug-likeness (QED) is 0.751. The molecule has 0 radical (unpaired) electrons. The molecule has 0 aliphatic carbocycles. The molecule has 15 heavy (non-hydrogen) atoms. The van der Waals surface area contributed by atoms with Crippen molar-refractivity contribution in [2.75, 3.05) is 0 Å². The molecule has 0 bridgehead atoms. The molecule has 3 heteroatoms. The van der Waals surface area contributed by atoms with Crippen LogP contribution in [0.2, 0.25) is 0 Å². The lowest BCUT2D eigenvalue weighted by molar-refractivity contribution is 0.554. The number of aromatic nitrogens is 2. The number of halogens is 1. The van der Waals surface area contributed by atoms with Gasteiger partial charge in [0.2, 0.25) is 0 Å². The Labute approximate surface area is 101 Å². The largest absolute Gasteiger partial charge is 0.272 e. The molecule has 0 saturated carbocycles. The first kappa shape index (κ1) is 12.8. The Morgan fingerprint density at radius 3 is 2.60 bits per heavy atom. The molecule has 1 aromatic heterocycles. The highest BCUT2D eigenvalue weighted by Crippen LogP contribution is 2.19. The van der Waals surface area contributed by atoms with E-state index in [1.54, 1.807) is 0 Å². The first-order chi connectivity index (χ1) is 7.00. The molecular weight excluding hydrogens is 252 g/mol. The maximum absolute atomic E-state index is 4.35. The second-order valence-corrected chi connectivity index (χ2v) is 5.73. The molecule has 0 aliphatic rings. The summed E-state index contributed by atoms with van der Waals surface area (Å²) in [6, 6.07) is 2.18. The Hall–Kier alpha value is -0.310. The molecule has 1 unspecified atom stereocenters. The van der Waals surface area contributed by atoms with Gasteiger partial charge in [0.25, 0.3) is 0 Å². The average Bonchev–Trinajstić information content (AvgIpc) is 2.45. The number of nitrogens with zero attached hydrogens (tertiary/aromatic N) is 2. The standard InChI is InChI=1S/C12H21BrN2/c1-9(2)12(13)7-5-6-11-8-10(3)14-15(11)4/h8-9,12H,5-7H2,1-4H3. The average molecular weight is 273 g/mol. The van der Waals surface area contributed by atoms with Crippen LogP contribution in [0.25, 0.3) is 0 Å². The van der Waals surface area contributed by atoms with E-state index in [4.69, 9.17) is 0 Å². The smallest absolute Gasteiger partial charge is 0.0596 e. The van der Waals surface area contributed by atoms with Crippen molar-refractivity contribution in [3.8, 4) is 0 Å². The molecule has 1 rings (SSSR count). The van der Waals surface area contributed by atoms with Gasteiger partial charge < -0.3 is 0 Å². The summed E-state index contributed by atoms with van der Waals surface area (Å²) in [4.78, 5) is 0.645. The summed E-state index contributed by atoms with van der Waals surface area (Å²) in [5.74, 6) is 0.721. The van der Waals surface area contributed by atoms with Crippen molar-refractivity contribution in [2.24, 2.45) is 13.0 Å². The van der Waals surface area contributed by atoms with Crippen molar-refractivity contribution in [3.63, 3.8) is 0 Å². The molecule has 0 spiro atoms. The van der Waals surface area contributed by atoms with Crippen LogP contribution in [0.4, 0.5) is 0 Å². The van der Waals surface area contributed by atoms with Gasteiger partial charge in [0.05, 0.1) is 5.69 Å². The van der Waals surface area contributed by atoms with Gasteiger partial charge in [-0.2, -0.15) is 5.10 Å². The second-order valence-electron chi connectivity index (χ2n) is 4.55. The Morgan fingerprint density at radius 2 is 2.13 bits per heavy atom. The van der Waals surface area contributed by atoms with Crippen LogP contribution in [0, 0.1) is 12.8 Å². The van der Waals surface area contributed by atoms with E-state index >= 15 is 0 Å². The highest BCUT2D eigenvalue weighted by Gasteiger charge is 2.09. The molecule has 1 aromatic rings. The van der Waals surface area contributed by atoms with Crippen LogP contribution in [0.5, 0.6) is 0 Å². The Bertz CT molecular complexity index is 305. The minimum atomic E-state index is 0.645. The summed E-state index contributed by atoms with van der Waals surface area (Å²) in [5, 5.41) is 4.35. The summed E-state index contributed by atoms with van der Waals surface area (Å²) in [6.45, 7) is 6.56. The second kappa shape index (κ2) is 5.69. The summed E-state index contributed by atoms with van der Waals surface area (Å²) in [5.41, 5.74) is 2.46. The number of rotatable bonds is 5. The third kappa shape index (κ3) is 3.98. The Kier molecular flexibility index (Phi) is 4.84. The summed E-state index contributed by atoms with van der Waals surface area (Å²) in [7, 11) is 2.02. The number of aryl methyl sites for hydroxylation is 3. The van der Waals surface area contributed by atoms with Crippen molar-refractivity contribution in [1.29, 1.82) is 0 Å². The SMILES string of the molecule is Cc1cc(CCCC(Br)C(C)C)n(C)n1. The van der Waals surface area contributed by atoms with Crippen molar-refractivity contribution in [3.05, 3.63) is 17.5 Å². The normalized spacial score (nSPS) is 13.5. The molecule has 86 valence electrons. The van der Waals surface area contributed by atoms with Crippen LogP contribution in [0.3, 0.4) is 0 Å². The van der Waals surface area contributed by atoms with Crippen molar-refractivity contribution >= 4 is 15.9 Å². The Balaban J connectivity index is 2.35. The molecular formula is C12H21BrN2. The van der Waals surface area contributed by atoms with Crippen LogP contribution in [-0.4, -0.2) is 14.6 Å². The third-order valence-corrected chi connectivity index (χ3v) is 4.25. The third-order valence-electron chi connectivity index (χ3n) is 2.74. The van der Waals surface area contributed by atoms with E-state index in [0.29, 0.717) is 4.83 Å². The maximum Gasteiger partial charge on any atom is 0.0596 e. The van der Waals surface area contributed by atoms with Gasteiger partial charge in [-0.1, -0.05) is 29.8 Å². The van der Waals surface area contributed by atoms with Gasteiger partial charge in [-0.05, 0) is 38.2 Å². The van der Waals surface area contributed by atoms with Crippen LogP contribution in [0.15, 0.2) is 6.07 Å². The zero-order valence-corrected chi connectivity index (χ0v) is 11.7. The van der Waals surface area contributed by atoms with Crippen molar-refractivity contribution < 1.29 is 0 Å². The number of hydrogen-bond acceptors (Lipinski definition) is 1. The molecule has 2 nitrogen and oxygen atoms in total.